The fraction of sp³-hybridized carbons (Fsp3) is 0.200. The lowest BCUT2D eigenvalue weighted by atomic mass is 10.1. The Kier molecular flexibility index (Phi) is 3.54. The molecule has 1 aromatic carbocycles. The third-order valence-corrected chi connectivity index (χ3v) is 3.85. The quantitative estimate of drug-likeness (QED) is 0.803. The first-order valence-electron chi connectivity index (χ1n) is 6.43. The lowest BCUT2D eigenvalue weighted by molar-refractivity contribution is 0.665. The monoisotopic (exact) mass is 330 g/mol. The average Bonchev–Trinajstić information content (AvgIpc) is 2.77. The topological polar surface area (TPSA) is 56.7 Å². The number of aromatic nitrogens is 3. The van der Waals surface area contributed by atoms with Crippen LogP contribution in [0.4, 0.5) is 0 Å². The molecule has 0 radical (unpaired) electrons. The Morgan fingerprint density at radius 1 is 1.25 bits per heavy atom. The summed E-state index contributed by atoms with van der Waals surface area (Å²) >= 11 is 3.38. The molecule has 0 bridgehead atoms. The molecular formula is C15H15BrN4. The van der Waals surface area contributed by atoms with Gasteiger partial charge in [0.1, 0.15) is 0 Å². The SMILES string of the molecule is Cn1nc(CC(N)c2ccc(Br)cn2)c2ccccc21. The van der Waals surface area contributed by atoms with Gasteiger partial charge in [-0.05, 0) is 34.1 Å². The molecule has 102 valence electrons. The van der Waals surface area contributed by atoms with E-state index >= 15 is 0 Å². The molecule has 0 amide bonds. The van der Waals surface area contributed by atoms with Crippen molar-refractivity contribution in [2.24, 2.45) is 12.8 Å². The van der Waals surface area contributed by atoms with Crippen molar-refractivity contribution >= 4 is 26.8 Å². The van der Waals surface area contributed by atoms with Crippen LogP contribution >= 0.6 is 15.9 Å². The number of fused-ring (bicyclic) bond motifs is 1. The van der Waals surface area contributed by atoms with Gasteiger partial charge in [-0.2, -0.15) is 5.10 Å². The average molecular weight is 331 g/mol. The van der Waals surface area contributed by atoms with Crippen molar-refractivity contribution in [2.45, 2.75) is 12.5 Å². The Hall–Kier alpha value is -1.72. The maximum atomic E-state index is 6.25. The van der Waals surface area contributed by atoms with Crippen LogP contribution in [-0.4, -0.2) is 14.8 Å². The molecule has 0 fully saturated rings. The standard InChI is InChI=1S/C15H15BrN4/c1-20-15-5-3-2-4-11(15)14(19-20)8-12(17)13-7-6-10(16)9-18-13/h2-7,9,12H,8,17H2,1H3. The maximum Gasteiger partial charge on any atom is 0.0722 e. The first-order chi connectivity index (χ1) is 9.65. The minimum absolute atomic E-state index is 0.151. The van der Waals surface area contributed by atoms with E-state index in [1.54, 1.807) is 6.20 Å². The third-order valence-electron chi connectivity index (χ3n) is 3.38. The van der Waals surface area contributed by atoms with E-state index in [2.05, 4.69) is 38.1 Å². The molecule has 2 N–H and O–H groups in total. The van der Waals surface area contributed by atoms with Gasteiger partial charge in [0.15, 0.2) is 0 Å². The predicted molar refractivity (Wildman–Crippen MR) is 83.3 cm³/mol. The molecule has 1 atom stereocenters. The number of aryl methyl sites for hydroxylation is 1. The highest BCUT2D eigenvalue weighted by Crippen LogP contribution is 2.22. The molecule has 4 nitrogen and oxygen atoms in total. The van der Waals surface area contributed by atoms with E-state index in [1.807, 2.05) is 36.0 Å². The molecule has 0 saturated carbocycles. The van der Waals surface area contributed by atoms with Gasteiger partial charge in [0.25, 0.3) is 0 Å². The fourth-order valence-electron chi connectivity index (χ4n) is 2.36. The Morgan fingerprint density at radius 2 is 2.05 bits per heavy atom. The minimum Gasteiger partial charge on any atom is -0.322 e. The third kappa shape index (κ3) is 2.46. The Morgan fingerprint density at radius 3 is 2.80 bits per heavy atom. The number of halogens is 1. The Labute approximate surface area is 125 Å². The van der Waals surface area contributed by atoms with Crippen molar-refractivity contribution in [2.75, 3.05) is 0 Å². The van der Waals surface area contributed by atoms with E-state index in [9.17, 15) is 0 Å². The van der Waals surface area contributed by atoms with Gasteiger partial charge in [-0.25, -0.2) is 0 Å². The Bertz CT molecular complexity index is 733. The van der Waals surface area contributed by atoms with Crippen molar-refractivity contribution in [1.82, 2.24) is 14.8 Å². The summed E-state index contributed by atoms with van der Waals surface area (Å²) in [4.78, 5) is 4.35. The number of rotatable bonds is 3. The summed E-state index contributed by atoms with van der Waals surface area (Å²) in [5.41, 5.74) is 9.27. The van der Waals surface area contributed by atoms with Gasteiger partial charge in [0.05, 0.1) is 22.9 Å². The lowest BCUT2D eigenvalue weighted by Crippen LogP contribution is -2.15. The molecule has 20 heavy (non-hydrogen) atoms. The van der Waals surface area contributed by atoms with Gasteiger partial charge in [-0.1, -0.05) is 18.2 Å². The van der Waals surface area contributed by atoms with Crippen LogP contribution in [0, 0.1) is 0 Å². The molecule has 1 unspecified atom stereocenters. The second-order valence-electron chi connectivity index (χ2n) is 4.80. The number of nitrogens with zero attached hydrogens (tertiary/aromatic N) is 3. The second-order valence-corrected chi connectivity index (χ2v) is 5.72. The van der Waals surface area contributed by atoms with Crippen LogP contribution in [0.5, 0.6) is 0 Å². The van der Waals surface area contributed by atoms with Gasteiger partial charge < -0.3 is 5.73 Å². The predicted octanol–water partition coefficient (Wildman–Crippen LogP) is 2.97. The Balaban J connectivity index is 1.91. The molecule has 5 heteroatoms. The van der Waals surface area contributed by atoms with Crippen molar-refractivity contribution in [1.29, 1.82) is 0 Å². The number of pyridine rings is 1. The number of nitrogens with two attached hydrogens (primary N) is 1. The highest BCUT2D eigenvalue weighted by atomic mass is 79.9. The van der Waals surface area contributed by atoms with Crippen LogP contribution in [0.2, 0.25) is 0 Å². The normalized spacial score (nSPS) is 12.8. The van der Waals surface area contributed by atoms with E-state index in [0.29, 0.717) is 6.42 Å². The lowest BCUT2D eigenvalue weighted by Gasteiger charge is -2.09. The molecule has 0 saturated heterocycles. The van der Waals surface area contributed by atoms with Gasteiger partial charge >= 0.3 is 0 Å². The van der Waals surface area contributed by atoms with Crippen LogP contribution in [-0.2, 0) is 13.5 Å². The van der Waals surface area contributed by atoms with E-state index in [4.69, 9.17) is 5.73 Å². The van der Waals surface area contributed by atoms with E-state index < -0.39 is 0 Å². The summed E-state index contributed by atoms with van der Waals surface area (Å²) in [7, 11) is 1.95. The van der Waals surface area contributed by atoms with Crippen molar-refractivity contribution in [3.63, 3.8) is 0 Å². The van der Waals surface area contributed by atoms with Gasteiger partial charge in [0, 0.05) is 29.5 Å². The van der Waals surface area contributed by atoms with Crippen LogP contribution in [0.3, 0.4) is 0 Å². The number of hydrogen-bond donors (Lipinski definition) is 1. The summed E-state index contributed by atoms with van der Waals surface area (Å²) in [5.74, 6) is 0. The van der Waals surface area contributed by atoms with Crippen LogP contribution in [0.1, 0.15) is 17.4 Å². The van der Waals surface area contributed by atoms with Gasteiger partial charge in [0.2, 0.25) is 0 Å². The summed E-state index contributed by atoms with van der Waals surface area (Å²) < 4.78 is 2.85. The summed E-state index contributed by atoms with van der Waals surface area (Å²) in [5, 5.41) is 5.73. The molecule has 2 heterocycles. The highest BCUT2D eigenvalue weighted by Gasteiger charge is 2.14. The molecule has 0 aliphatic heterocycles. The molecule has 0 spiro atoms. The number of benzene rings is 1. The van der Waals surface area contributed by atoms with Crippen LogP contribution in [0.15, 0.2) is 47.1 Å². The molecule has 3 aromatic rings. The summed E-state index contributed by atoms with van der Waals surface area (Å²) in [6, 6.07) is 11.9. The number of para-hydroxylation sites is 1. The molecule has 3 rings (SSSR count). The highest BCUT2D eigenvalue weighted by molar-refractivity contribution is 9.10. The molecule has 2 aromatic heterocycles. The number of hydrogen-bond acceptors (Lipinski definition) is 3. The van der Waals surface area contributed by atoms with Crippen molar-refractivity contribution in [3.05, 3.63) is 58.5 Å². The summed E-state index contributed by atoms with van der Waals surface area (Å²) in [6.07, 6.45) is 2.45. The zero-order valence-electron chi connectivity index (χ0n) is 11.1. The first-order valence-corrected chi connectivity index (χ1v) is 7.22. The van der Waals surface area contributed by atoms with Crippen molar-refractivity contribution < 1.29 is 0 Å². The van der Waals surface area contributed by atoms with Gasteiger partial charge in [-0.3, -0.25) is 9.67 Å². The molecular weight excluding hydrogens is 316 g/mol. The first kappa shape index (κ1) is 13.3. The zero-order chi connectivity index (χ0) is 14.1. The summed E-state index contributed by atoms with van der Waals surface area (Å²) in [6.45, 7) is 0. The second kappa shape index (κ2) is 5.34. The smallest absolute Gasteiger partial charge is 0.0722 e. The molecule has 0 aliphatic rings. The van der Waals surface area contributed by atoms with Gasteiger partial charge in [-0.15, -0.1) is 0 Å². The largest absolute Gasteiger partial charge is 0.322 e. The van der Waals surface area contributed by atoms with Crippen molar-refractivity contribution in [3.8, 4) is 0 Å². The fourth-order valence-corrected chi connectivity index (χ4v) is 2.59. The van der Waals surface area contributed by atoms with E-state index in [0.717, 1.165) is 26.8 Å². The maximum absolute atomic E-state index is 6.25. The zero-order valence-corrected chi connectivity index (χ0v) is 12.7. The minimum atomic E-state index is -0.151. The van der Waals surface area contributed by atoms with Crippen LogP contribution in [0.25, 0.3) is 10.9 Å². The van der Waals surface area contributed by atoms with Crippen LogP contribution < -0.4 is 5.73 Å². The van der Waals surface area contributed by atoms with E-state index in [-0.39, 0.29) is 6.04 Å². The van der Waals surface area contributed by atoms with E-state index in [1.165, 1.54) is 0 Å². The molecule has 0 aliphatic carbocycles.